The van der Waals surface area contributed by atoms with Crippen molar-refractivity contribution in [2.24, 2.45) is 0 Å². The highest BCUT2D eigenvalue weighted by Crippen LogP contribution is 2.19. The van der Waals surface area contributed by atoms with Crippen LogP contribution in [0.4, 0.5) is 17.1 Å². The highest BCUT2D eigenvalue weighted by molar-refractivity contribution is 6.04. The maximum absolute atomic E-state index is 12.7. The summed E-state index contributed by atoms with van der Waals surface area (Å²) < 4.78 is 0. The van der Waals surface area contributed by atoms with Gasteiger partial charge >= 0.3 is 0 Å². The molecule has 0 unspecified atom stereocenters. The lowest BCUT2D eigenvalue weighted by molar-refractivity contribution is 0.0983. The van der Waals surface area contributed by atoms with Gasteiger partial charge in [-0.05, 0) is 50.2 Å². The number of nitrogens with one attached hydrogen (secondary N) is 1. The Labute approximate surface area is 148 Å². The van der Waals surface area contributed by atoms with Gasteiger partial charge in [-0.2, -0.15) is 0 Å². The van der Waals surface area contributed by atoms with Gasteiger partial charge in [0.1, 0.15) is 5.69 Å². The average Bonchev–Trinajstić information content (AvgIpc) is 2.66. The second-order valence-electron chi connectivity index (χ2n) is 5.81. The monoisotopic (exact) mass is 331 g/mol. The van der Waals surface area contributed by atoms with Crippen LogP contribution in [0.15, 0.2) is 72.9 Å². The Hall–Kier alpha value is -3.14. The summed E-state index contributed by atoms with van der Waals surface area (Å²) in [4.78, 5) is 18.8. The summed E-state index contributed by atoms with van der Waals surface area (Å²) in [5.41, 5.74) is 4.36. The molecule has 126 valence electrons. The van der Waals surface area contributed by atoms with E-state index in [2.05, 4.69) is 17.2 Å². The summed E-state index contributed by atoms with van der Waals surface area (Å²) in [5, 5.41) is 3.28. The van der Waals surface area contributed by atoms with Crippen molar-refractivity contribution >= 4 is 23.0 Å². The van der Waals surface area contributed by atoms with E-state index < -0.39 is 0 Å². The van der Waals surface area contributed by atoms with Crippen molar-refractivity contribution < 1.29 is 4.79 Å². The fraction of sp³-hybridized carbons (Fsp3) is 0.143. The smallest absolute Gasteiger partial charge is 0.276 e. The number of anilines is 3. The Balaban J connectivity index is 1.74. The number of aryl methyl sites for hydroxylation is 1. The standard InChI is InChI=1S/C21H21N3O/c1-3-24(19-7-5-4-6-8-19)21(25)20-14-13-18(15-22-20)23-17-11-9-16(2)10-12-17/h4-15,23H,3H2,1-2H3. The molecule has 1 amide bonds. The molecular weight excluding hydrogens is 310 g/mol. The van der Waals surface area contributed by atoms with E-state index in [-0.39, 0.29) is 5.91 Å². The Bertz CT molecular complexity index is 827. The van der Waals surface area contributed by atoms with Gasteiger partial charge in [-0.3, -0.25) is 4.79 Å². The van der Waals surface area contributed by atoms with E-state index in [9.17, 15) is 4.79 Å². The fourth-order valence-electron chi connectivity index (χ4n) is 2.59. The van der Waals surface area contributed by atoms with E-state index in [0.717, 1.165) is 17.1 Å². The largest absolute Gasteiger partial charge is 0.354 e. The number of nitrogens with zero attached hydrogens (tertiary/aromatic N) is 2. The molecule has 1 aromatic heterocycles. The molecule has 0 radical (unpaired) electrons. The molecule has 1 N–H and O–H groups in total. The molecule has 0 fully saturated rings. The molecule has 0 aliphatic rings. The SMILES string of the molecule is CCN(C(=O)c1ccc(Nc2ccc(C)cc2)cn1)c1ccccc1. The summed E-state index contributed by atoms with van der Waals surface area (Å²) in [6.45, 7) is 4.60. The Morgan fingerprint density at radius 2 is 1.64 bits per heavy atom. The van der Waals surface area contributed by atoms with Crippen LogP contribution in [-0.2, 0) is 0 Å². The summed E-state index contributed by atoms with van der Waals surface area (Å²) in [7, 11) is 0. The van der Waals surface area contributed by atoms with Crippen LogP contribution in [0.25, 0.3) is 0 Å². The number of carbonyl (C=O) groups excluding carboxylic acids is 1. The molecule has 1 heterocycles. The van der Waals surface area contributed by atoms with Crippen molar-refractivity contribution in [3.8, 4) is 0 Å². The molecule has 25 heavy (non-hydrogen) atoms. The second kappa shape index (κ2) is 7.62. The number of rotatable bonds is 5. The molecule has 0 saturated carbocycles. The predicted octanol–water partition coefficient (Wildman–Crippen LogP) is 4.80. The average molecular weight is 331 g/mol. The molecule has 4 nitrogen and oxygen atoms in total. The van der Waals surface area contributed by atoms with Gasteiger partial charge in [0.25, 0.3) is 5.91 Å². The van der Waals surface area contributed by atoms with E-state index in [0.29, 0.717) is 12.2 Å². The van der Waals surface area contributed by atoms with E-state index >= 15 is 0 Å². The van der Waals surface area contributed by atoms with Gasteiger partial charge < -0.3 is 10.2 Å². The molecule has 3 aromatic rings. The van der Waals surface area contributed by atoms with Crippen LogP contribution < -0.4 is 10.2 Å². The fourth-order valence-corrected chi connectivity index (χ4v) is 2.59. The second-order valence-corrected chi connectivity index (χ2v) is 5.81. The molecule has 0 saturated heterocycles. The lowest BCUT2D eigenvalue weighted by atomic mass is 10.2. The van der Waals surface area contributed by atoms with Gasteiger partial charge in [0.15, 0.2) is 0 Å². The van der Waals surface area contributed by atoms with Crippen molar-refractivity contribution in [2.75, 3.05) is 16.8 Å². The van der Waals surface area contributed by atoms with Gasteiger partial charge in [0.05, 0.1) is 11.9 Å². The lowest BCUT2D eigenvalue weighted by Crippen LogP contribution is -2.31. The first kappa shape index (κ1) is 16.7. The molecule has 0 bridgehead atoms. The third kappa shape index (κ3) is 4.04. The van der Waals surface area contributed by atoms with Gasteiger partial charge in [0.2, 0.25) is 0 Å². The molecule has 0 atom stereocenters. The normalized spacial score (nSPS) is 10.3. The van der Waals surface area contributed by atoms with Crippen LogP contribution in [-0.4, -0.2) is 17.4 Å². The van der Waals surface area contributed by atoms with Gasteiger partial charge in [-0.15, -0.1) is 0 Å². The zero-order valence-electron chi connectivity index (χ0n) is 14.4. The zero-order chi connectivity index (χ0) is 17.6. The van der Waals surface area contributed by atoms with Crippen molar-refractivity contribution in [1.29, 1.82) is 0 Å². The Kier molecular flexibility index (Phi) is 5.09. The van der Waals surface area contributed by atoms with E-state index in [1.807, 2.05) is 67.6 Å². The van der Waals surface area contributed by atoms with Gasteiger partial charge in [0, 0.05) is 17.9 Å². The quantitative estimate of drug-likeness (QED) is 0.730. The molecule has 0 spiro atoms. The first-order valence-corrected chi connectivity index (χ1v) is 8.34. The Morgan fingerprint density at radius 1 is 0.960 bits per heavy atom. The van der Waals surface area contributed by atoms with Crippen molar-refractivity contribution in [2.45, 2.75) is 13.8 Å². The first-order chi connectivity index (χ1) is 12.2. The molecule has 2 aromatic carbocycles. The summed E-state index contributed by atoms with van der Waals surface area (Å²) in [5.74, 6) is -0.101. The van der Waals surface area contributed by atoms with Crippen LogP contribution >= 0.6 is 0 Å². The third-order valence-electron chi connectivity index (χ3n) is 3.95. The minimum atomic E-state index is -0.101. The number of carbonyl (C=O) groups is 1. The number of pyridine rings is 1. The molecule has 4 heteroatoms. The first-order valence-electron chi connectivity index (χ1n) is 8.34. The summed E-state index contributed by atoms with van der Waals surface area (Å²) >= 11 is 0. The van der Waals surface area contributed by atoms with Crippen LogP contribution in [0.1, 0.15) is 23.0 Å². The maximum Gasteiger partial charge on any atom is 0.276 e. The summed E-state index contributed by atoms with van der Waals surface area (Å²) in [6.07, 6.45) is 1.69. The molecule has 0 aliphatic heterocycles. The van der Waals surface area contributed by atoms with Crippen molar-refractivity contribution in [3.63, 3.8) is 0 Å². The lowest BCUT2D eigenvalue weighted by Gasteiger charge is -2.20. The minimum absolute atomic E-state index is 0.101. The predicted molar refractivity (Wildman–Crippen MR) is 102 cm³/mol. The molecule has 0 aliphatic carbocycles. The molecule has 3 rings (SSSR count). The highest BCUT2D eigenvalue weighted by Gasteiger charge is 2.16. The van der Waals surface area contributed by atoms with Gasteiger partial charge in [-0.25, -0.2) is 4.98 Å². The van der Waals surface area contributed by atoms with Gasteiger partial charge in [-0.1, -0.05) is 35.9 Å². The number of para-hydroxylation sites is 1. The number of aromatic nitrogens is 1. The van der Waals surface area contributed by atoms with Crippen LogP contribution in [0.5, 0.6) is 0 Å². The van der Waals surface area contributed by atoms with E-state index in [1.165, 1.54) is 5.56 Å². The topological polar surface area (TPSA) is 45.2 Å². The minimum Gasteiger partial charge on any atom is -0.354 e. The van der Waals surface area contributed by atoms with Crippen LogP contribution in [0, 0.1) is 6.92 Å². The zero-order valence-corrected chi connectivity index (χ0v) is 14.4. The maximum atomic E-state index is 12.7. The van der Waals surface area contributed by atoms with Crippen LogP contribution in [0.2, 0.25) is 0 Å². The summed E-state index contributed by atoms with van der Waals surface area (Å²) in [6, 6.07) is 21.4. The highest BCUT2D eigenvalue weighted by atomic mass is 16.2. The molecular formula is C21H21N3O. The van der Waals surface area contributed by atoms with Crippen molar-refractivity contribution in [3.05, 3.63) is 84.2 Å². The Morgan fingerprint density at radius 3 is 2.24 bits per heavy atom. The van der Waals surface area contributed by atoms with Crippen LogP contribution in [0.3, 0.4) is 0 Å². The number of hydrogen-bond donors (Lipinski definition) is 1. The van der Waals surface area contributed by atoms with E-state index in [1.54, 1.807) is 17.2 Å². The number of benzene rings is 2. The van der Waals surface area contributed by atoms with Crippen molar-refractivity contribution in [1.82, 2.24) is 4.98 Å². The van der Waals surface area contributed by atoms with E-state index in [4.69, 9.17) is 0 Å². The number of hydrogen-bond acceptors (Lipinski definition) is 3. The third-order valence-corrected chi connectivity index (χ3v) is 3.95. The number of amides is 1.